The average Bonchev–Trinajstić information content (AvgIpc) is 2.71. The maximum absolute atomic E-state index is 14.1. The van der Waals surface area contributed by atoms with Crippen LogP contribution in [-0.4, -0.2) is 51.1 Å². The van der Waals surface area contributed by atoms with Gasteiger partial charge in [0.05, 0.1) is 16.5 Å². The van der Waals surface area contributed by atoms with Crippen molar-refractivity contribution >= 4 is 41.8 Å². The molecule has 1 saturated carbocycles. The van der Waals surface area contributed by atoms with Crippen LogP contribution >= 0.6 is 24.0 Å². The Morgan fingerprint density at radius 1 is 1.30 bits per heavy atom. The Bertz CT molecular complexity index is 1230. The van der Waals surface area contributed by atoms with Crippen LogP contribution in [0.3, 0.4) is 0 Å². The molecule has 0 unspecified atom stereocenters. The lowest BCUT2D eigenvalue weighted by Crippen LogP contribution is -2.60. The lowest BCUT2D eigenvalue weighted by molar-refractivity contribution is -0.150. The number of carbonyl (C=O) groups is 3. The molecule has 2 amide bonds. The third-order valence-corrected chi connectivity index (χ3v) is 6.38. The molecule has 0 atom stereocenters. The topological polar surface area (TPSA) is 129 Å². The van der Waals surface area contributed by atoms with Crippen molar-refractivity contribution in [2.24, 2.45) is 5.92 Å². The Kier molecular flexibility index (Phi) is 6.45. The molecule has 0 radical (unpaired) electrons. The number of carboxylic acid groups (broad SMARTS) is 1. The molecule has 176 valence electrons. The highest BCUT2D eigenvalue weighted by molar-refractivity contribution is 6.30. The van der Waals surface area contributed by atoms with Crippen molar-refractivity contribution in [2.45, 2.75) is 24.9 Å². The van der Waals surface area contributed by atoms with Crippen molar-refractivity contribution in [3.8, 4) is 5.75 Å². The number of carbonyl (C=O) groups excluding carboxylic acids is 2. The van der Waals surface area contributed by atoms with Gasteiger partial charge in [-0.05, 0) is 18.9 Å². The number of amides is 2. The summed E-state index contributed by atoms with van der Waals surface area (Å²) in [6.45, 7) is -0.0964. The van der Waals surface area contributed by atoms with Crippen LogP contribution in [0, 0.1) is 11.7 Å². The molecule has 1 aromatic heterocycles. The quantitative estimate of drug-likeness (QED) is 0.589. The van der Waals surface area contributed by atoms with E-state index in [1.165, 1.54) is 40.9 Å². The second-order valence-electron chi connectivity index (χ2n) is 8.16. The van der Waals surface area contributed by atoms with E-state index in [9.17, 15) is 33.8 Å². The highest BCUT2D eigenvalue weighted by Gasteiger charge is 2.54. The van der Waals surface area contributed by atoms with E-state index >= 15 is 0 Å². The van der Waals surface area contributed by atoms with E-state index in [0.29, 0.717) is 0 Å². The number of likely N-dealkylation sites (N-methyl/N-ethyl adjacent to an activating group) is 1. The predicted octanol–water partition coefficient (Wildman–Crippen LogP) is 1.97. The molecule has 12 heteroatoms. The van der Waals surface area contributed by atoms with Crippen molar-refractivity contribution in [3.05, 3.63) is 62.3 Å². The second kappa shape index (κ2) is 8.68. The van der Waals surface area contributed by atoms with Crippen LogP contribution in [-0.2, 0) is 16.9 Å². The molecule has 33 heavy (non-hydrogen) atoms. The Balaban J connectivity index is 0.00000306. The van der Waals surface area contributed by atoms with Gasteiger partial charge in [-0.1, -0.05) is 23.7 Å². The number of benzene rings is 1. The minimum Gasteiger partial charge on any atom is -0.503 e. The summed E-state index contributed by atoms with van der Waals surface area (Å²) >= 11 is 5.73. The Morgan fingerprint density at radius 3 is 2.61 bits per heavy atom. The Hall–Kier alpha value is -3.11. The molecule has 4 rings (SSSR count). The summed E-state index contributed by atoms with van der Waals surface area (Å²) in [6.07, 6.45) is 1.51. The number of hydrogen-bond donors (Lipinski definition) is 3. The SMILES string of the molecule is CN1CC2(CC(C(=O)O)C2)n2cc(C(=O)NCc3cccc(Cl)c3F)c(=O)c(O)c2C1=O.Cl. The number of carboxylic acids is 1. The first-order valence-corrected chi connectivity index (χ1v) is 10.1. The van der Waals surface area contributed by atoms with Gasteiger partial charge in [0.15, 0.2) is 11.4 Å². The number of rotatable bonds is 4. The minimum absolute atomic E-state index is 0. The summed E-state index contributed by atoms with van der Waals surface area (Å²) in [7, 11) is 1.49. The van der Waals surface area contributed by atoms with E-state index in [1.807, 2.05) is 0 Å². The zero-order valence-corrected chi connectivity index (χ0v) is 18.9. The number of aromatic hydroxyl groups is 1. The maximum Gasteiger partial charge on any atom is 0.306 e. The summed E-state index contributed by atoms with van der Waals surface area (Å²) in [5.41, 5.74) is -2.53. The average molecular weight is 500 g/mol. The summed E-state index contributed by atoms with van der Waals surface area (Å²) in [6, 6.07) is 4.28. The lowest BCUT2D eigenvalue weighted by atomic mass is 9.66. The van der Waals surface area contributed by atoms with Gasteiger partial charge in [0, 0.05) is 31.9 Å². The monoisotopic (exact) mass is 499 g/mol. The van der Waals surface area contributed by atoms with Gasteiger partial charge in [-0.15, -0.1) is 12.4 Å². The van der Waals surface area contributed by atoms with Gasteiger partial charge in [-0.25, -0.2) is 4.39 Å². The Morgan fingerprint density at radius 2 is 1.97 bits per heavy atom. The van der Waals surface area contributed by atoms with Gasteiger partial charge in [0.1, 0.15) is 11.4 Å². The van der Waals surface area contributed by atoms with Gasteiger partial charge in [0.25, 0.3) is 11.8 Å². The van der Waals surface area contributed by atoms with Gasteiger partial charge in [0.2, 0.25) is 5.43 Å². The number of fused-ring (bicyclic) bond motifs is 2. The maximum atomic E-state index is 14.1. The summed E-state index contributed by atoms with van der Waals surface area (Å²) in [5, 5.41) is 22.1. The number of pyridine rings is 1. The Labute approximate surface area is 198 Å². The number of nitrogens with zero attached hydrogens (tertiary/aromatic N) is 2. The molecule has 1 aromatic carbocycles. The molecule has 1 fully saturated rings. The van der Waals surface area contributed by atoms with E-state index in [-0.39, 0.29) is 54.6 Å². The third-order valence-electron chi connectivity index (χ3n) is 6.09. The number of halogens is 3. The van der Waals surface area contributed by atoms with Crippen molar-refractivity contribution in [3.63, 3.8) is 0 Å². The molecular weight excluding hydrogens is 480 g/mol. The number of hydrogen-bond acceptors (Lipinski definition) is 5. The highest BCUT2D eigenvalue weighted by Crippen LogP contribution is 2.48. The standard InChI is InChI=1S/C21H19ClFN3O6.ClH/c1-25-9-21(5-11(6-21)20(31)32)26-8-12(16(27)17(28)15(26)19(25)30)18(29)24-7-10-3-2-4-13(22)14(10)23;/h2-4,8,11,28H,5-7,9H2,1H3,(H,24,29)(H,31,32);1H. The number of aromatic nitrogens is 1. The number of aliphatic carboxylic acids is 1. The fraction of sp³-hybridized carbons (Fsp3) is 0.333. The number of nitrogens with one attached hydrogen (secondary N) is 1. The van der Waals surface area contributed by atoms with Crippen LogP contribution in [0.4, 0.5) is 4.39 Å². The summed E-state index contributed by atoms with van der Waals surface area (Å²) < 4.78 is 15.4. The lowest BCUT2D eigenvalue weighted by Gasteiger charge is -2.52. The second-order valence-corrected chi connectivity index (χ2v) is 8.57. The molecular formula is C21H20Cl2FN3O6. The van der Waals surface area contributed by atoms with Crippen molar-refractivity contribution in [1.29, 1.82) is 0 Å². The molecule has 2 aliphatic rings. The van der Waals surface area contributed by atoms with Gasteiger partial charge in [-0.2, -0.15) is 0 Å². The first-order chi connectivity index (χ1) is 15.1. The van der Waals surface area contributed by atoms with Crippen LogP contribution in [0.15, 0.2) is 29.2 Å². The normalized spacial score (nSPS) is 21.1. The van der Waals surface area contributed by atoms with Crippen molar-refractivity contribution < 1.29 is 29.0 Å². The van der Waals surface area contributed by atoms with Crippen LogP contribution in [0.5, 0.6) is 5.75 Å². The van der Waals surface area contributed by atoms with Gasteiger partial charge < -0.3 is 25.0 Å². The molecule has 2 aromatic rings. The molecule has 1 aliphatic heterocycles. The smallest absolute Gasteiger partial charge is 0.306 e. The van der Waals surface area contributed by atoms with Gasteiger partial charge in [-0.3, -0.25) is 19.2 Å². The molecule has 3 N–H and O–H groups in total. The van der Waals surface area contributed by atoms with E-state index < -0.39 is 51.8 Å². The van der Waals surface area contributed by atoms with Crippen molar-refractivity contribution in [1.82, 2.24) is 14.8 Å². The molecule has 9 nitrogen and oxygen atoms in total. The molecule has 0 saturated heterocycles. The molecule has 1 aliphatic carbocycles. The summed E-state index contributed by atoms with van der Waals surface area (Å²) in [5.74, 6) is -4.72. The van der Waals surface area contributed by atoms with Gasteiger partial charge >= 0.3 is 5.97 Å². The zero-order chi connectivity index (χ0) is 23.4. The van der Waals surface area contributed by atoms with Crippen LogP contribution in [0.25, 0.3) is 0 Å². The van der Waals surface area contributed by atoms with E-state index in [0.717, 1.165) is 0 Å². The summed E-state index contributed by atoms with van der Waals surface area (Å²) in [4.78, 5) is 50.7. The largest absolute Gasteiger partial charge is 0.503 e. The third kappa shape index (κ3) is 3.93. The zero-order valence-electron chi connectivity index (χ0n) is 17.3. The van der Waals surface area contributed by atoms with Crippen molar-refractivity contribution in [2.75, 3.05) is 13.6 Å². The highest BCUT2D eigenvalue weighted by atomic mass is 35.5. The van der Waals surface area contributed by atoms with E-state index in [1.54, 1.807) is 0 Å². The molecule has 0 bridgehead atoms. The van der Waals surface area contributed by atoms with E-state index in [4.69, 9.17) is 11.6 Å². The van der Waals surface area contributed by atoms with Crippen LogP contribution in [0.1, 0.15) is 39.3 Å². The first kappa shape index (κ1) is 24.5. The predicted molar refractivity (Wildman–Crippen MR) is 117 cm³/mol. The molecule has 1 spiro atoms. The first-order valence-electron chi connectivity index (χ1n) is 9.74. The fourth-order valence-corrected chi connectivity index (χ4v) is 4.62. The van der Waals surface area contributed by atoms with E-state index in [2.05, 4.69) is 5.32 Å². The van der Waals surface area contributed by atoms with Crippen LogP contribution in [0.2, 0.25) is 5.02 Å². The fourth-order valence-electron chi connectivity index (χ4n) is 4.43. The minimum atomic E-state index is -1.05. The molecule has 2 heterocycles. The van der Waals surface area contributed by atoms with Crippen LogP contribution < -0.4 is 10.7 Å².